The summed E-state index contributed by atoms with van der Waals surface area (Å²) in [5.74, 6) is 0. The van der Waals surface area contributed by atoms with Crippen molar-refractivity contribution >= 4 is 28.2 Å². The molecular formula is C21H26ClN3. The number of rotatable bonds is 6. The first-order chi connectivity index (χ1) is 12.0. The monoisotopic (exact) mass is 355 g/mol. The van der Waals surface area contributed by atoms with Crippen LogP contribution in [0.4, 0.5) is 5.69 Å². The number of aromatic amines is 1. The third-order valence-electron chi connectivity index (χ3n) is 4.71. The van der Waals surface area contributed by atoms with Gasteiger partial charge in [-0.05, 0) is 68.1 Å². The fourth-order valence-corrected chi connectivity index (χ4v) is 3.65. The van der Waals surface area contributed by atoms with E-state index in [0.717, 1.165) is 30.8 Å². The summed E-state index contributed by atoms with van der Waals surface area (Å²) < 4.78 is 0. The van der Waals surface area contributed by atoms with Gasteiger partial charge in [-0.1, -0.05) is 23.7 Å². The minimum atomic E-state index is 0.730. The molecule has 3 nitrogen and oxygen atoms in total. The molecule has 0 unspecified atom stereocenters. The van der Waals surface area contributed by atoms with Crippen LogP contribution in [0.1, 0.15) is 24.0 Å². The maximum atomic E-state index is 6.34. The lowest BCUT2D eigenvalue weighted by molar-refractivity contribution is 0.748. The first-order valence-corrected chi connectivity index (χ1v) is 9.17. The molecule has 1 aromatic heterocycles. The van der Waals surface area contributed by atoms with Gasteiger partial charge >= 0.3 is 0 Å². The van der Waals surface area contributed by atoms with E-state index in [2.05, 4.69) is 61.2 Å². The van der Waals surface area contributed by atoms with Crippen LogP contribution in [-0.4, -0.2) is 25.6 Å². The van der Waals surface area contributed by atoms with Crippen LogP contribution in [0.5, 0.6) is 0 Å². The minimum Gasteiger partial charge on any atom is -0.378 e. The number of nitrogens with zero attached hydrogens (tertiary/aromatic N) is 1. The van der Waals surface area contributed by atoms with Gasteiger partial charge in [-0.15, -0.1) is 0 Å². The topological polar surface area (TPSA) is 45.0 Å². The summed E-state index contributed by atoms with van der Waals surface area (Å²) in [7, 11) is 4.13. The summed E-state index contributed by atoms with van der Waals surface area (Å²) in [5, 5.41) is 2.02. The first-order valence-electron chi connectivity index (χ1n) is 8.79. The fourth-order valence-electron chi connectivity index (χ4n) is 3.37. The number of aryl methyl sites for hydroxylation is 2. The lowest BCUT2D eigenvalue weighted by atomic mass is 9.99. The maximum Gasteiger partial charge on any atom is 0.0498 e. The molecule has 0 aliphatic carbocycles. The van der Waals surface area contributed by atoms with E-state index >= 15 is 0 Å². The fraction of sp³-hybridized carbons (Fsp3) is 0.333. The Labute approximate surface area is 154 Å². The Hall–Kier alpha value is -1.97. The Kier molecular flexibility index (Phi) is 5.36. The molecule has 0 amide bonds. The van der Waals surface area contributed by atoms with E-state index in [1.807, 2.05) is 6.07 Å². The normalized spacial score (nSPS) is 11.2. The Morgan fingerprint density at radius 1 is 1.12 bits per heavy atom. The molecule has 4 heteroatoms. The SMILES string of the molecule is Cc1cc(Cl)cc2c(CCCCN)c(-c3cccc(N(C)C)c3)[nH]c12. The average Bonchev–Trinajstić information content (AvgIpc) is 2.94. The molecule has 25 heavy (non-hydrogen) atoms. The van der Waals surface area contributed by atoms with Gasteiger partial charge in [0, 0.05) is 47.0 Å². The van der Waals surface area contributed by atoms with Crippen LogP contribution in [-0.2, 0) is 6.42 Å². The smallest absolute Gasteiger partial charge is 0.0498 e. The zero-order valence-electron chi connectivity index (χ0n) is 15.2. The lowest BCUT2D eigenvalue weighted by Crippen LogP contribution is -2.08. The quantitative estimate of drug-likeness (QED) is 0.601. The summed E-state index contributed by atoms with van der Waals surface area (Å²) in [6.07, 6.45) is 3.11. The molecule has 0 bridgehead atoms. The van der Waals surface area contributed by atoms with Crippen molar-refractivity contribution in [1.82, 2.24) is 4.98 Å². The summed E-state index contributed by atoms with van der Waals surface area (Å²) in [5.41, 5.74) is 13.0. The number of H-pyrrole nitrogens is 1. The van der Waals surface area contributed by atoms with Crippen molar-refractivity contribution < 1.29 is 0 Å². The van der Waals surface area contributed by atoms with Crippen LogP contribution < -0.4 is 10.6 Å². The van der Waals surface area contributed by atoms with Crippen LogP contribution in [0.3, 0.4) is 0 Å². The van der Waals surface area contributed by atoms with Gasteiger partial charge in [-0.25, -0.2) is 0 Å². The highest BCUT2D eigenvalue weighted by Crippen LogP contribution is 2.35. The van der Waals surface area contributed by atoms with E-state index in [0.29, 0.717) is 0 Å². The number of unbranched alkanes of at least 4 members (excludes halogenated alkanes) is 1. The van der Waals surface area contributed by atoms with Crippen molar-refractivity contribution in [3.63, 3.8) is 0 Å². The highest BCUT2D eigenvalue weighted by molar-refractivity contribution is 6.31. The number of hydrogen-bond donors (Lipinski definition) is 2. The van der Waals surface area contributed by atoms with E-state index in [1.54, 1.807) is 0 Å². The van der Waals surface area contributed by atoms with E-state index < -0.39 is 0 Å². The van der Waals surface area contributed by atoms with Gasteiger partial charge in [0.25, 0.3) is 0 Å². The number of anilines is 1. The molecule has 0 aliphatic heterocycles. The molecule has 3 rings (SSSR count). The highest BCUT2D eigenvalue weighted by atomic mass is 35.5. The molecule has 0 radical (unpaired) electrons. The number of fused-ring (bicyclic) bond motifs is 1. The zero-order chi connectivity index (χ0) is 18.0. The van der Waals surface area contributed by atoms with Crippen molar-refractivity contribution in [2.24, 2.45) is 5.73 Å². The Morgan fingerprint density at radius 2 is 1.92 bits per heavy atom. The van der Waals surface area contributed by atoms with Crippen LogP contribution in [0.15, 0.2) is 36.4 Å². The van der Waals surface area contributed by atoms with Gasteiger partial charge in [0.15, 0.2) is 0 Å². The van der Waals surface area contributed by atoms with Crippen LogP contribution >= 0.6 is 11.6 Å². The first kappa shape index (κ1) is 17.8. The average molecular weight is 356 g/mol. The van der Waals surface area contributed by atoms with Crippen molar-refractivity contribution in [3.05, 3.63) is 52.5 Å². The number of benzene rings is 2. The summed E-state index contributed by atoms with van der Waals surface area (Å²) >= 11 is 6.34. The van der Waals surface area contributed by atoms with Crippen LogP contribution in [0.25, 0.3) is 22.2 Å². The summed E-state index contributed by atoms with van der Waals surface area (Å²) in [6.45, 7) is 2.84. The van der Waals surface area contributed by atoms with E-state index in [-0.39, 0.29) is 0 Å². The maximum absolute atomic E-state index is 6.34. The molecule has 0 aliphatic rings. The predicted molar refractivity (Wildman–Crippen MR) is 110 cm³/mol. The predicted octanol–water partition coefficient (Wildman–Crippen LogP) is 5.14. The highest BCUT2D eigenvalue weighted by Gasteiger charge is 2.15. The van der Waals surface area contributed by atoms with E-state index in [4.69, 9.17) is 17.3 Å². The zero-order valence-corrected chi connectivity index (χ0v) is 16.0. The van der Waals surface area contributed by atoms with Crippen LogP contribution in [0, 0.1) is 6.92 Å². The standard InChI is InChI=1S/C21H26ClN3/c1-14-11-16(22)13-19-18(9-4-5-10-23)21(24-20(14)19)15-7-6-8-17(12-15)25(2)3/h6-8,11-13,24H,4-5,9-10,23H2,1-3H3. The summed E-state index contributed by atoms with van der Waals surface area (Å²) in [6, 6.07) is 12.7. The van der Waals surface area contributed by atoms with Gasteiger partial charge in [0.1, 0.15) is 0 Å². The van der Waals surface area contributed by atoms with Crippen molar-refractivity contribution in [1.29, 1.82) is 0 Å². The van der Waals surface area contributed by atoms with E-state index in [9.17, 15) is 0 Å². The second-order valence-corrected chi connectivity index (χ2v) is 7.25. The van der Waals surface area contributed by atoms with Gasteiger partial charge < -0.3 is 15.6 Å². The van der Waals surface area contributed by atoms with Crippen molar-refractivity contribution in [3.8, 4) is 11.3 Å². The molecule has 3 aromatic rings. The molecule has 3 N–H and O–H groups in total. The number of nitrogens with two attached hydrogens (primary N) is 1. The van der Waals surface area contributed by atoms with Crippen molar-refractivity contribution in [2.75, 3.05) is 25.5 Å². The lowest BCUT2D eigenvalue weighted by Gasteiger charge is -2.14. The van der Waals surface area contributed by atoms with Crippen LogP contribution in [0.2, 0.25) is 5.02 Å². The second kappa shape index (κ2) is 7.51. The molecule has 0 atom stereocenters. The number of halogens is 1. The van der Waals surface area contributed by atoms with Crippen molar-refractivity contribution in [2.45, 2.75) is 26.2 Å². The molecule has 0 saturated heterocycles. The third-order valence-corrected chi connectivity index (χ3v) is 4.93. The molecule has 132 valence electrons. The molecule has 2 aromatic carbocycles. The molecule has 0 spiro atoms. The Morgan fingerprint density at radius 3 is 2.64 bits per heavy atom. The van der Waals surface area contributed by atoms with E-state index in [1.165, 1.54) is 39.0 Å². The third kappa shape index (κ3) is 3.68. The van der Waals surface area contributed by atoms with Gasteiger partial charge in [-0.2, -0.15) is 0 Å². The largest absolute Gasteiger partial charge is 0.378 e. The Bertz CT molecular complexity index is 880. The molecule has 0 fully saturated rings. The summed E-state index contributed by atoms with van der Waals surface area (Å²) in [4.78, 5) is 5.79. The minimum absolute atomic E-state index is 0.730. The number of hydrogen-bond acceptors (Lipinski definition) is 2. The van der Waals surface area contributed by atoms with Gasteiger partial charge in [-0.3, -0.25) is 0 Å². The second-order valence-electron chi connectivity index (χ2n) is 6.81. The molecule has 1 heterocycles. The van der Waals surface area contributed by atoms with Gasteiger partial charge in [0.05, 0.1) is 0 Å². The molecular weight excluding hydrogens is 330 g/mol. The Balaban J connectivity index is 2.17. The molecule has 0 saturated carbocycles. The number of aromatic nitrogens is 1. The van der Waals surface area contributed by atoms with Gasteiger partial charge in [0.2, 0.25) is 0 Å². The number of nitrogens with one attached hydrogen (secondary N) is 1.